The molecule has 2 rings (SSSR count). The molecule has 1 atom stereocenters. The molecule has 1 heterocycles. The quantitative estimate of drug-likeness (QED) is 0.869. The number of alkyl halides is 2. The van der Waals surface area contributed by atoms with Gasteiger partial charge in [0.05, 0.1) is 0 Å². The van der Waals surface area contributed by atoms with Gasteiger partial charge in [-0.1, -0.05) is 18.2 Å². The lowest BCUT2D eigenvalue weighted by molar-refractivity contribution is 0.151. The Kier molecular flexibility index (Phi) is 4.66. The zero-order chi connectivity index (χ0) is 13.0. The van der Waals surface area contributed by atoms with Crippen molar-refractivity contribution in [2.45, 2.75) is 31.9 Å². The maximum Gasteiger partial charge on any atom is 0.263 e. The van der Waals surface area contributed by atoms with Crippen LogP contribution in [0.3, 0.4) is 0 Å². The molecular formula is C14H20F2N2. The summed E-state index contributed by atoms with van der Waals surface area (Å²) in [6, 6.07) is 7.30. The van der Waals surface area contributed by atoms with Crippen LogP contribution in [0.2, 0.25) is 0 Å². The molecule has 0 bridgehead atoms. The first kappa shape index (κ1) is 13.4. The molecular weight excluding hydrogens is 234 g/mol. The average molecular weight is 254 g/mol. The van der Waals surface area contributed by atoms with Crippen molar-refractivity contribution in [2.24, 2.45) is 0 Å². The number of likely N-dealkylation sites (N-methyl/N-ethyl adjacent to an activating group) is 1. The highest BCUT2D eigenvalue weighted by Crippen LogP contribution is 2.23. The summed E-state index contributed by atoms with van der Waals surface area (Å²) < 4.78 is 25.3. The second-order valence-electron chi connectivity index (χ2n) is 4.87. The number of rotatable bonds is 5. The first-order chi connectivity index (χ1) is 8.70. The molecule has 18 heavy (non-hydrogen) atoms. The second kappa shape index (κ2) is 6.25. The maximum absolute atomic E-state index is 12.6. The van der Waals surface area contributed by atoms with Crippen molar-refractivity contribution in [2.75, 3.05) is 20.1 Å². The van der Waals surface area contributed by atoms with E-state index in [0.717, 1.165) is 25.2 Å². The van der Waals surface area contributed by atoms with E-state index in [0.29, 0.717) is 6.04 Å². The number of nitrogens with zero attached hydrogens (tertiary/aromatic N) is 1. The molecule has 1 fully saturated rings. The van der Waals surface area contributed by atoms with E-state index >= 15 is 0 Å². The van der Waals surface area contributed by atoms with Gasteiger partial charge in [0.1, 0.15) is 0 Å². The lowest BCUT2D eigenvalue weighted by atomic mass is 10.1. The fourth-order valence-corrected chi connectivity index (χ4v) is 2.63. The van der Waals surface area contributed by atoms with Gasteiger partial charge in [-0.05, 0) is 38.1 Å². The first-order valence-electron chi connectivity index (χ1n) is 6.46. The summed E-state index contributed by atoms with van der Waals surface area (Å²) in [5.74, 6) is 0. The van der Waals surface area contributed by atoms with Gasteiger partial charge in [-0.3, -0.25) is 4.90 Å². The SMILES string of the molecule is CNCC1CCCN1Cc1cccc(C(F)F)c1. The molecule has 1 aromatic rings. The zero-order valence-corrected chi connectivity index (χ0v) is 10.7. The number of nitrogens with one attached hydrogen (secondary N) is 1. The molecule has 1 unspecified atom stereocenters. The molecule has 0 aromatic heterocycles. The Labute approximate surface area is 107 Å². The van der Waals surface area contributed by atoms with Crippen LogP contribution >= 0.6 is 0 Å². The van der Waals surface area contributed by atoms with Gasteiger partial charge >= 0.3 is 0 Å². The minimum atomic E-state index is -2.38. The van der Waals surface area contributed by atoms with E-state index in [4.69, 9.17) is 0 Å². The van der Waals surface area contributed by atoms with Crippen LogP contribution in [0.15, 0.2) is 24.3 Å². The van der Waals surface area contributed by atoms with Gasteiger partial charge in [0.15, 0.2) is 0 Å². The van der Waals surface area contributed by atoms with Crippen molar-refractivity contribution in [3.8, 4) is 0 Å². The summed E-state index contributed by atoms with van der Waals surface area (Å²) in [5, 5.41) is 3.19. The van der Waals surface area contributed by atoms with Gasteiger partial charge in [-0.2, -0.15) is 0 Å². The van der Waals surface area contributed by atoms with Crippen molar-refractivity contribution in [1.29, 1.82) is 0 Å². The molecule has 2 nitrogen and oxygen atoms in total. The van der Waals surface area contributed by atoms with E-state index in [1.807, 2.05) is 13.1 Å². The summed E-state index contributed by atoms with van der Waals surface area (Å²) in [6.45, 7) is 2.80. The van der Waals surface area contributed by atoms with Crippen LogP contribution in [-0.2, 0) is 6.54 Å². The predicted molar refractivity (Wildman–Crippen MR) is 68.8 cm³/mol. The summed E-state index contributed by atoms with van der Waals surface area (Å²) in [4.78, 5) is 2.38. The Morgan fingerprint density at radius 2 is 2.28 bits per heavy atom. The largest absolute Gasteiger partial charge is 0.318 e. The fraction of sp³-hybridized carbons (Fsp3) is 0.571. The molecule has 0 aliphatic carbocycles. The standard InChI is InChI=1S/C14H20F2N2/c1-17-9-13-6-3-7-18(13)10-11-4-2-5-12(8-11)14(15)16/h2,4-5,8,13-14,17H,3,6-7,9-10H2,1H3. The predicted octanol–water partition coefficient (Wildman–Crippen LogP) is 2.81. The van der Waals surface area contributed by atoms with Crippen molar-refractivity contribution in [1.82, 2.24) is 10.2 Å². The highest BCUT2D eigenvalue weighted by molar-refractivity contribution is 5.24. The molecule has 0 amide bonds. The maximum atomic E-state index is 12.6. The summed E-state index contributed by atoms with van der Waals surface area (Å²) in [7, 11) is 1.95. The molecule has 1 aromatic carbocycles. The Morgan fingerprint density at radius 1 is 1.44 bits per heavy atom. The third-order valence-electron chi connectivity index (χ3n) is 3.53. The molecule has 1 aliphatic rings. The van der Waals surface area contributed by atoms with E-state index < -0.39 is 6.43 Å². The van der Waals surface area contributed by atoms with Crippen LogP contribution in [0.25, 0.3) is 0 Å². The highest BCUT2D eigenvalue weighted by Gasteiger charge is 2.23. The average Bonchev–Trinajstić information content (AvgIpc) is 2.77. The minimum absolute atomic E-state index is 0.122. The van der Waals surface area contributed by atoms with Crippen LogP contribution < -0.4 is 5.32 Å². The van der Waals surface area contributed by atoms with E-state index in [2.05, 4.69) is 10.2 Å². The first-order valence-corrected chi connectivity index (χ1v) is 6.46. The van der Waals surface area contributed by atoms with Gasteiger partial charge in [-0.15, -0.1) is 0 Å². The third-order valence-corrected chi connectivity index (χ3v) is 3.53. The van der Waals surface area contributed by atoms with Gasteiger partial charge in [0, 0.05) is 24.7 Å². The molecule has 1 N–H and O–H groups in total. The molecule has 1 saturated heterocycles. The topological polar surface area (TPSA) is 15.3 Å². The Morgan fingerprint density at radius 3 is 3.00 bits per heavy atom. The number of benzene rings is 1. The molecule has 100 valence electrons. The second-order valence-corrected chi connectivity index (χ2v) is 4.87. The lowest BCUT2D eigenvalue weighted by Gasteiger charge is -2.24. The van der Waals surface area contributed by atoms with Crippen LogP contribution in [0.4, 0.5) is 8.78 Å². The monoisotopic (exact) mass is 254 g/mol. The molecule has 0 radical (unpaired) electrons. The molecule has 4 heteroatoms. The Hall–Kier alpha value is -1.00. The van der Waals surface area contributed by atoms with Crippen molar-refractivity contribution in [3.63, 3.8) is 0 Å². The highest BCUT2D eigenvalue weighted by atomic mass is 19.3. The summed E-state index contributed by atoms with van der Waals surface area (Å²) >= 11 is 0. The van der Waals surface area contributed by atoms with Crippen molar-refractivity contribution >= 4 is 0 Å². The van der Waals surface area contributed by atoms with E-state index in [9.17, 15) is 8.78 Å². The number of likely N-dealkylation sites (tertiary alicyclic amines) is 1. The third kappa shape index (κ3) is 3.27. The van der Waals surface area contributed by atoms with E-state index in [-0.39, 0.29) is 5.56 Å². The number of hydrogen-bond acceptors (Lipinski definition) is 2. The molecule has 0 saturated carbocycles. The number of halogens is 2. The van der Waals surface area contributed by atoms with Crippen LogP contribution in [0, 0.1) is 0 Å². The van der Waals surface area contributed by atoms with Gasteiger partial charge < -0.3 is 5.32 Å². The molecule has 0 spiro atoms. The smallest absolute Gasteiger partial charge is 0.263 e. The Bertz CT molecular complexity index is 382. The summed E-state index contributed by atoms with van der Waals surface area (Å²) in [6.07, 6.45) is 0.00706. The van der Waals surface area contributed by atoms with Crippen molar-refractivity contribution in [3.05, 3.63) is 35.4 Å². The normalized spacial score (nSPS) is 20.8. The van der Waals surface area contributed by atoms with Gasteiger partial charge in [-0.25, -0.2) is 8.78 Å². The fourth-order valence-electron chi connectivity index (χ4n) is 2.63. The Balaban J connectivity index is 2.02. The van der Waals surface area contributed by atoms with E-state index in [1.54, 1.807) is 12.1 Å². The lowest BCUT2D eigenvalue weighted by Crippen LogP contribution is -2.36. The summed E-state index contributed by atoms with van der Waals surface area (Å²) in [5.41, 5.74) is 1.10. The zero-order valence-electron chi connectivity index (χ0n) is 10.7. The van der Waals surface area contributed by atoms with Crippen LogP contribution in [0.1, 0.15) is 30.4 Å². The minimum Gasteiger partial charge on any atom is -0.318 e. The van der Waals surface area contributed by atoms with E-state index in [1.165, 1.54) is 18.9 Å². The number of hydrogen-bond donors (Lipinski definition) is 1. The van der Waals surface area contributed by atoms with Crippen LogP contribution in [0.5, 0.6) is 0 Å². The van der Waals surface area contributed by atoms with Gasteiger partial charge in [0.25, 0.3) is 6.43 Å². The molecule has 1 aliphatic heterocycles. The van der Waals surface area contributed by atoms with Crippen molar-refractivity contribution < 1.29 is 8.78 Å². The van der Waals surface area contributed by atoms with Crippen LogP contribution in [-0.4, -0.2) is 31.1 Å². The van der Waals surface area contributed by atoms with Gasteiger partial charge in [0.2, 0.25) is 0 Å².